The van der Waals surface area contributed by atoms with Crippen LogP contribution in [0, 0.1) is 0 Å². The number of benzene rings is 1. The summed E-state index contributed by atoms with van der Waals surface area (Å²) in [6.07, 6.45) is 0. The van der Waals surface area contributed by atoms with E-state index in [1.165, 1.54) is 11.5 Å². The summed E-state index contributed by atoms with van der Waals surface area (Å²) in [5.41, 5.74) is -0.0329. The number of para-hydroxylation sites is 1. The van der Waals surface area contributed by atoms with Gasteiger partial charge in [0.25, 0.3) is 5.19 Å². The van der Waals surface area contributed by atoms with E-state index in [-0.39, 0.29) is 5.41 Å². The Morgan fingerprint density at radius 3 is 2.38 bits per heavy atom. The van der Waals surface area contributed by atoms with Gasteiger partial charge in [0, 0.05) is 16.9 Å². The lowest BCUT2D eigenvalue weighted by Crippen LogP contribution is -2.12. The number of nitrogens with zero attached hydrogens (tertiary/aromatic N) is 2. The van der Waals surface area contributed by atoms with Gasteiger partial charge in [-0.05, 0) is 12.1 Å². The standard InChI is InChI=1S/C12H14N2OS/c1-12(2,3)10-13-11(16-14-10)15-9-7-5-4-6-8-9/h4-8H,1-3H3. The smallest absolute Gasteiger partial charge is 0.298 e. The molecule has 0 saturated carbocycles. The largest absolute Gasteiger partial charge is 0.430 e. The zero-order chi connectivity index (χ0) is 11.6. The van der Waals surface area contributed by atoms with E-state index in [4.69, 9.17) is 4.74 Å². The fourth-order valence-corrected chi connectivity index (χ4v) is 1.89. The van der Waals surface area contributed by atoms with E-state index in [0.717, 1.165) is 11.6 Å². The van der Waals surface area contributed by atoms with Crippen LogP contribution < -0.4 is 4.74 Å². The van der Waals surface area contributed by atoms with Crippen molar-refractivity contribution in [3.8, 4) is 10.9 Å². The van der Waals surface area contributed by atoms with Gasteiger partial charge in [-0.15, -0.1) is 0 Å². The summed E-state index contributed by atoms with van der Waals surface area (Å²) in [6, 6.07) is 9.62. The molecule has 16 heavy (non-hydrogen) atoms. The molecule has 1 aromatic heterocycles. The first-order valence-corrected chi connectivity index (χ1v) is 5.90. The first-order valence-electron chi connectivity index (χ1n) is 5.13. The lowest BCUT2D eigenvalue weighted by molar-refractivity contribution is 0.468. The Morgan fingerprint density at radius 2 is 1.81 bits per heavy atom. The number of aromatic nitrogens is 2. The van der Waals surface area contributed by atoms with E-state index in [1.54, 1.807) is 0 Å². The van der Waals surface area contributed by atoms with Crippen LogP contribution in [0.15, 0.2) is 30.3 Å². The van der Waals surface area contributed by atoms with Crippen molar-refractivity contribution in [1.82, 2.24) is 9.36 Å². The Morgan fingerprint density at radius 1 is 1.12 bits per heavy atom. The van der Waals surface area contributed by atoms with Crippen LogP contribution in [-0.4, -0.2) is 9.36 Å². The molecule has 2 aromatic rings. The molecule has 1 heterocycles. The van der Waals surface area contributed by atoms with Gasteiger partial charge < -0.3 is 4.74 Å². The second kappa shape index (κ2) is 4.22. The number of hydrogen-bond acceptors (Lipinski definition) is 4. The van der Waals surface area contributed by atoms with Crippen molar-refractivity contribution in [2.24, 2.45) is 0 Å². The van der Waals surface area contributed by atoms with Crippen LogP contribution >= 0.6 is 11.5 Å². The predicted octanol–water partition coefficient (Wildman–Crippen LogP) is 3.63. The van der Waals surface area contributed by atoms with Crippen molar-refractivity contribution < 1.29 is 4.74 Å². The topological polar surface area (TPSA) is 35.0 Å². The molecular formula is C12H14N2OS. The van der Waals surface area contributed by atoms with E-state index in [0.29, 0.717) is 5.19 Å². The van der Waals surface area contributed by atoms with Gasteiger partial charge in [-0.25, -0.2) is 0 Å². The van der Waals surface area contributed by atoms with Gasteiger partial charge in [0.2, 0.25) is 0 Å². The zero-order valence-electron chi connectivity index (χ0n) is 9.60. The molecule has 3 nitrogen and oxygen atoms in total. The minimum atomic E-state index is -0.0329. The molecule has 0 spiro atoms. The van der Waals surface area contributed by atoms with Crippen molar-refractivity contribution in [2.45, 2.75) is 26.2 Å². The second-order valence-corrected chi connectivity index (χ2v) is 5.26. The Labute approximate surface area is 99.3 Å². The Hall–Kier alpha value is -1.42. The molecule has 0 aliphatic heterocycles. The molecule has 84 valence electrons. The van der Waals surface area contributed by atoms with Gasteiger partial charge in [-0.1, -0.05) is 39.0 Å². The van der Waals surface area contributed by atoms with Gasteiger partial charge >= 0.3 is 0 Å². The summed E-state index contributed by atoms with van der Waals surface area (Å²) >= 11 is 1.29. The lowest BCUT2D eigenvalue weighted by Gasteiger charge is -2.11. The van der Waals surface area contributed by atoms with Gasteiger partial charge in [0.1, 0.15) is 5.75 Å². The summed E-state index contributed by atoms with van der Waals surface area (Å²) in [7, 11) is 0. The highest BCUT2D eigenvalue weighted by Crippen LogP contribution is 2.27. The minimum absolute atomic E-state index is 0.0329. The van der Waals surface area contributed by atoms with Gasteiger partial charge in [0.05, 0.1) is 0 Å². The van der Waals surface area contributed by atoms with Crippen LogP contribution in [0.25, 0.3) is 0 Å². The van der Waals surface area contributed by atoms with E-state index in [2.05, 4.69) is 30.1 Å². The van der Waals surface area contributed by atoms with E-state index in [1.807, 2.05) is 30.3 Å². The highest BCUT2D eigenvalue weighted by atomic mass is 32.1. The first-order chi connectivity index (χ1) is 7.55. The number of hydrogen-bond donors (Lipinski definition) is 0. The molecule has 0 radical (unpaired) electrons. The van der Waals surface area contributed by atoms with E-state index < -0.39 is 0 Å². The monoisotopic (exact) mass is 234 g/mol. The Bertz CT molecular complexity index is 459. The third kappa shape index (κ3) is 2.58. The van der Waals surface area contributed by atoms with Crippen molar-refractivity contribution in [3.05, 3.63) is 36.2 Å². The van der Waals surface area contributed by atoms with Crippen LogP contribution in [-0.2, 0) is 5.41 Å². The second-order valence-electron chi connectivity index (χ2n) is 4.55. The molecule has 0 saturated heterocycles. The maximum atomic E-state index is 5.60. The fourth-order valence-electron chi connectivity index (χ4n) is 1.15. The summed E-state index contributed by atoms with van der Waals surface area (Å²) in [4.78, 5) is 4.36. The molecule has 0 aliphatic rings. The fraction of sp³-hybridized carbons (Fsp3) is 0.333. The summed E-state index contributed by atoms with van der Waals surface area (Å²) in [5, 5.41) is 0.594. The molecule has 2 rings (SSSR count). The van der Waals surface area contributed by atoms with Crippen LogP contribution in [0.4, 0.5) is 0 Å². The Kier molecular flexibility index (Phi) is 2.92. The van der Waals surface area contributed by atoms with Gasteiger partial charge in [-0.3, -0.25) is 0 Å². The molecule has 0 bridgehead atoms. The molecule has 0 fully saturated rings. The third-order valence-electron chi connectivity index (χ3n) is 2.03. The summed E-state index contributed by atoms with van der Waals surface area (Å²) in [6.45, 7) is 6.25. The van der Waals surface area contributed by atoms with E-state index >= 15 is 0 Å². The van der Waals surface area contributed by atoms with Gasteiger partial charge in [0.15, 0.2) is 5.82 Å². The third-order valence-corrected chi connectivity index (χ3v) is 2.62. The molecule has 0 N–H and O–H groups in total. The maximum absolute atomic E-state index is 5.60. The van der Waals surface area contributed by atoms with Crippen LogP contribution in [0.2, 0.25) is 0 Å². The first kappa shape index (κ1) is 11.1. The average molecular weight is 234 g/mol. The molecule has 0 aliphatic carbocycles. The van der Waals surface area contributed by atoms with Crippen LogP contribution in [0.5, 0.6) is 10.9 Å². The van der Waals surface area contributed by atoms with Gasteiger partial charge in [-0.2, -0.15) is 9.36 Å². The van der Waals surface area contributed by atoms with Crippen molar-refractivity contribution in [2.75, 3.05) is 0 Å². The number of rotatable bonds is 2. The molecular weight excluding hydrogens is 220 g/mol. The Balaban J connectivity index is 2.15. The van der Waals surface area contributed by atoms with Crippen molar-refractivity contribution in [3.63, 3.8) is 0 Å². The lowest BCUT2D eigenvalue weighted by atomic mass is 9.96. The van der Waals surface area contributed by atoms with Crippen molar-refractivity contribution >= 4 is 11.5 Å². The molecule has 1 aromatic carbocycles. The SMILES string of the molecule is CC(C)(C)c1nsc(Oc2ccccc2)n1. The minimum Gasteiger partial charge on any atom is -0.430 e. The highest BCUT2D eigenvalue weighted by molar-refractivity contribution is 7.07. The van der Waals surface area contributed by atoms with Crippen molar-refractivity contribution in [1.29, 1.82) is 0 Å². The van der Waals surface area contributed by atoms with Crippen LogP contribution in [0.1, 0.15) is 26.6 Å². The van der Waals surface area contributed by atoms with E-state index in [9.17, 15) is 0 Å². The summed E-state index contributed by atoms with van der Waals surface area (Å²) < 4.78 is 9.89. The highest BCUT2D eigenvalue weighted by Gasteiger charge is 2.20. The normalized spacial score (nSPS) is 11.4. The van der Waals surface area contributed by atoms with Crippen LogP contribution in [0.3, 0.4) is 0 Å². The zero-order valence-corrected chi connectivity index (χ0v) is 10.4. The number of ether oxygens (including phenoxy) is 1. The molecule has 4 heteroatoms. The molecule has 0 atom stereocenters. The summed E-state index contributed by atoms with van der Waals surface area (Å²) in [5.74, 6) is 1.61. The quantitative estimate of drug-likeness (QED) is 0.796. The maximum Gasteiger partial charge on any atom is 0.298 e. The molecule has 0 unspecified atom stereocenters. The molecule has 0 amide bonds. The average Bonchev–Trinajstić information content (AvgIpc) is 2.67. The predicted molar refractivity (Wildman–Crippen MR) is 65.1 cm³/mol.